The molecule has 2 aromatic rings. The van der Waals surface area contributed by atoms with Crippen molar-refractivity contribution in [2.24, 2.45) is 0 Å². The van der Waals surface area contributed by atoms with E-state index in [0.29, 0.717) is 34.9 Å². The molecule has 1 aliphatic heterocycles. The second-order valence-electron chi connectivity index (χ2n) is 6.38. The van der Waals surface area contributed by atoms with E-state index in [0.717, 1.165) is 18.5 Å². The number of nitrogens with one attached hydrogen (secondary N) is 2. The number of nitrogens with zero attached hydrogens (tertiary/aromatic N) is 1. The number of hydrogen-bond donors (Lipinski definition) is 2. The summed E-state index contributed by atoms with van der Waals surface area (Å²) in [5.74, 6) is -0.425. The molecular formula is C20H20ClN3O3. The molecule has 140 valence electrons. The third-order valence-corrected chi connectivity index (χ3v) is 4.63. The van der Waals surface area contributed by atoms with Crippen LogP contribution in [0.4, 0.5) is 17.1 Å². The summed E-state index contributed by atoms with van der Waals surface area (Å²) in [6.07, 6.45) is 2.47. The monoisotopic (exact) mass is 385 g/mol. The molecule has 3 amide bonds. The average Bonchev–Trinajstić information content (AvgIpc) is 2.64. The molecule has 2 N–H and O–H groups in total. The molecule has 0 radical (unpaired) electrons. The van der Waals surface area contributed by atoms with E-state index in [1.165, 1.54) is 6.92 Å². The van der Waals surface area contributed by atoms with Crippen molar-refractivity contribution in [3.63, 3.8) is 0 Å². The van der Waals surface area contributed by atoms with Crippen LogP contribution >= 0.6 is 11.6 Å². The Bertz CT molecular complexity index is 881. The van der Waals surface area contributed by atoms with Gasteiger partial charge in [0.25, 0.3) is 5.91 Å². The minimum Gasteiger partial charge on any atom is -0.326 e. The topological polar surface area (TPSA) is 78.5 Å². The molecule has 1 saturated heterocycles. The van der Waals surface area contributed by atoms with E-state index < -0.39 is 0 Å². The summed E-state index contributed by atoms with van der Waals surface area (Å²) < 4.78 is 0. The van der Waals surface area contributed by atoms with Crippen molar-refractivity contribution in [2.75, 3.05) is 22.1 Å². The van der Waals surface area contributed by atoms with E-state index in [4.69, 9.17) is 11.6 Å². The maximum atomic E-state index is 12.5. The van der Waals surface area contributed by atoms with Crippen molar-refractivity contribution in [3.05, 3.63) is 53.1 Å². The zero-order valence-electron chi connectivity index (χ0n) is 14.9. The highest BCUT2D eigenvalue weighted by atomic mass is 35.5. The summed E-state index contributed by atoms with van der Waals surface area (Å²) in [6.45, 7) is 2.11. The van der Waals surface area contributed by atoms with E-state index in [2.05, 4.69) is 10.6 Å². The molecule has 0 saturated carbocycles. The maximum Gasteiger partial charge on any atom is 0.255 e. The smallest absolute Gasteiger partial charge is 0.255 e. The largest absolute Gasteiger partial charge is 0.326 e. The Kier molecular flexibility index (Phi) is 5.76. The van der Waals surface area contributed by atoms with Gasteiger partial charge in [0, 0.05) is 36.8 Å². The Labute approximate surface area is 162 Å². The summed E-state index contributed by atoms with van der Waals surface area (Å²) in [7, 11) is 0. The van der Waals surface area contributed by atoms with Gasteiger partial charge in [-0.25, -0.2) is 0 Å². The molecule has 0 bridgehead atoms. The first-order valence-electron chi connectivity index (χ1n) is 8.73. The van der Waals surface area contributed by atoms with Crippen molar-refractivity contribution >= 4 is 46.4 Å². The minimum atomic E-state index is -0.326. The quantitative estimate of drug-likeness (QED) is 0.832. The first kappa shape index (κ1) is 18.9. The van der Waals surface area contributed by atoms with E-state index in [1.54, 1.807) is 47.4 Å². The lowest BCUT2D eigenvalue weighted by Crippen LogP contribution is -2.35. The molecule has 0 aliphatic carbocycles. The van der Waals surface area contributed by atoms with E-state index in [9.17, 15) is 14.4 Å². The molecule has 1 aliphatic rings. The van der Waals surface area contributed by atoms with Crippen LogP contribution in [0, 0.1) is 0 Å². The molecule has 1 fully saturated rings. The summed E-state index contributed by atoms with van der Waals surface area (Å²) in [5.41, 5.74) is 2.19. The zero-order chi connectivity index (χ0) is 19.4. The highest BCUT2D eigenvalue weighted by Gasteiger charge is 2.19. The molecule has 6 nitrogen and oxygen atoms in total. The molecule has 7 heteroatoms. The SMILES string of the molecule is CC(=O)Nc1ccc(Cl)c(NC(=O)c2ccc(N3CCCCC3=O)cc2)c1. The Hall–Kier alpha value is -2.86. The molecule has 2 aromatic carbocycles. The standard InChI is InChI=1S/C20H20ClN3O3/c1-13(25)22-15-7-10-17(21)18(12-15)23-20(27)14-5-8-16(9-6-14)24-11-3-2-4-19(24)26/h5-10,12H,2-4,11H2,1H3,(H,22,25)(H,23,27). The summed E-state index contributed by atoms with van der Waals surface area (Å²) >= 11 is 6.14. The van der Waals surface area contributed by atoms with Gasteiger partial charge in [-0.1, -0.05) is 11.6 Å². The number of rotatable bonds is 4. The molecule has 0 spiro atoms. The number of hydrogen-bond acceptors (Lipinski definition) is 3. The van der Waals surface area contributed by atoms with Gasteiger partial charge in [0.05, 0.1) is 10.7 Å². The Morgan fingerprint density at radius 3 is 2.44 bits per heavy atom. The second kappa shape index (κ2) is 8.22. The third-order valence-electron chi connectivity index (χ3n) is 4.30. The van der Waals surface area contributed by atoms with Gasteiger partial charge < -0.3 is 15.5 Å². The van der Waals surface area contributed by atoms with Crippen LogP contribution in [0.5, 0.6) is 0 Å². The lowest BCUT2D eigenvalue weighted by molar-refractivity contribution is -0.119. The minimum absolute atomic E-state index is 0.111. The molecule has 27 heavy (non-hydrogen) atoms. The number of piperidine rings is 1. The van der Waals surface area contributed by atoms with Gasteiger partial charge in [0.2, 0.25) is 11.8 Å². The average molecular weight is 386 g/mol. The fourth-order valence-electron chi connectivity index (χ4n) is 2.97. The first-order valence-corrected chi connectivity index (χ1v) is 9.11. The number of amides is 3. The van der Waals surface area contributed by atoms with Crippen molar-refractivity contribution < 1.29 is 14.4 Å². The van der Waals surface area contributed by atoms with E-state index >= 15 is 0 Å². The molecule has 3 rings (SSSR count). The lowest BCUT2D eigenvalue weighted by Gasteiger charge is -2.26. The Morgan fingerprint density at radius 1 is 1.04 bits per heavy atom. The Morgan fingerprint density at radius 2 is 1.78 bits per heavy atom. The first-order chi connectivity index (χ1) is 12.9. The zero-order valence-corrected chi connectivity index (χ0v) is 15.7. The van der Waals surface area contributed by atoms with Crippen molar-refractivity contribution in [1.82, 2.24) is 0 Å². The van der Waals surface area contributed by atoms with Crippen LogP contribution in [0.1, 0.15) is 36.5 Å². The van der Waals surface area contributed by atoms with Crippen LogP contribution in [-0.4, -0.2) is 24.3 Å². The highest BCUT2D eigenvalue weighted by Crippen LogP contribution is 2.27. The van der Waals surface area contributed by atoms with Gasteiger partial charge in [0.15, 0.2) is 0 Å². The predicted octanol–water partition coefficient (Wildman–Crippen LogP) is 4.07. The predicted molar refractivity (Wildman–Crippen MR) is 106 cm³/mol. The summed E-state index contributed by atoms with van der Waals surface area (Å²) in [6, 6.07) is 11.8. The van der Waals surface area contributed by atoms with Gasteiger partial charge in [-0.15, -0.1) is 0 Å². The number of carbonyl (C=O) groups is 3. The molecule has 0 unspecified atom stereocenters. The van der Waals surface area contributed by atoms with Gasteiger partial charge in [-0.3, -0.25) is 14.4 Å². The van der Waals surface area contributed by atoms with Crippen molar-refractivity contribution in [1.29, 1.82) is 0 Å². The van der Waals surface area contributed by atoms with Gasteiger partial charge in [0.1, 0.15) is 0 Å². The van der Waals surface area contributed by atoms with Crippen LogP contribution in [0.3, 0.4) is 0 Å². The molecule has 1 heterocycles. The Balaban J connectivity index is 1.73. The molecule has 0 aromatic heterocycles. The normalized spacial score (nSPS) is 14.0. The van der Waals surface area contributed by atoms with Crippen LogP contribution in [-0.2, 0) is 9.59 Å². The van der Waals surface area contributed by atoms with Crippen LogP contribution in [0.25, 0.3) is 0 Å². The van der Waals surface area contributed by atoms with Gasteiger partial charge >= 0.3 is 0 Å². The van der Waals surface area contributed by atoms with Crippen LogP contribution < -0.4 is 15.5 Å². The summed E-state index contributed by atoms with van der Waals surface area (Å²) in [4.78, 5) is 37.4. The van der Waals surface area contributed by atoms with Crippen LogP contribution in [0.2, 0.25) is 5.02 Å². The molecule has 0 atom stereocenters. The highest BCUT2D eigenvalue weighted by molar-refractivity contribution is 6.34. The number of halogens is 1. The fraction of sp³-hybridized carbons (Fsp3) is 0.250. The van der Waals surface area contributed by atoms with Crippen molar-refractivity contribution in [3.8, 4) is 0 Å². The van der Waals surface area contributed by atoms with E-state index in [-0.39, 0.29) is 17.7 Å². The fourth-order valence-corrected chi connectivity index (χ4v) is 3.13. The van der Waals surface area contributed by atoms with Crippen LogP contribution in [0.15, 0.2) is 42.5 Å². The third kappa shape index (κ3) is 4.65. The van der Waals surface area contributed by atoms with Gasteiger partial charge in [-0.2, -0.15) is 0 Å². The maximum absolute atomic E-state index is 12.5. The number of carbonyl (C=O) groups excluding carboxylic acids is 3. The second-order valence-corrected chi connectivity index (χ2v) is 6.79. The van der Waals surface area contributed by atoms with Crippen molar-refractivity contribution in [2.45, 2.75) is 26.2 Å². The number of benzene rings is 2. The van der Waals surface area contributed by atoms with Gasteiger partial charge in [-0.05, 0) is 55.3 Å². The number of anilines is 3. The molecular weight excluding hydrogens is 366 g/mol. The summed E-state index contributed by atoms with van der Waals surface area (Å²) in [5, 5.41) is 5.76. The lowest BCUT2D eigenvalue weighted by atomic mass is 10.1. The van der Waals surface area contributed by atoms with E-state index in [1.807, 2.05) is 0 Å².